The number of benzene rings is 3. The Morgan fingerprint density at radius 3 is 1.82 bits per heavy atom. The number of hydrogen-bond donors (Lipinski definition) is 0. The van der Waals surface area contributed by atoms with Crippen LogP contribution in [-0.2, 0) is 17.4 Å². The zero-order chi connectivity index (χ0) is 32.1. The summed E-state index contributed by atoms with van der Waals surface area (Å²) in [4.78, 5) is 5.16. The molecule has 0 bridgehead atoms. The molecule has 1 aliphatic heterocycles. The number of hydrogen-bond acceptors (Lipinski definition) is 3. The smallest absolute Gasteiger partial charge is 0.126 e. The molecule has 0 N–H and O–H groups in total. The third-order valence-electron chi connectivity index (χ3n) is 9.28. The normalized spacial score (nSPS) is 16.3. The minimum Gasteiger partial charge on any atom is -0.496 e. The summed E-state index contributed by atoms with van der Waals surface area (Å²) in [5, 5.41) is 0. The lowest BCUT2D eigenvalue weighted by Gasteiger charge is -2.31. The van der Waals surface area contributed by atoms with Gasteiger partial charge in [0, 0.05) is 36.2 Å². The molecule has 3 aromatic carbocycles. The Hall–Kier alpha value is -2.76. The van der Waals surface area contributed by atoms with Crippen molar-refractivity contribution in [3.05, 3.63) is 100 Å². The lowest BCUT2D eigenvalue weighted by molar-refractivity contribution is 0.223. The summed E-state index contributed by atoms with van der Waals surface area (Å²) in [6.45, 7) is 17.9. The minimum atomic E-state index is -0.227. The fraction of sp³-hybridized carbons (Fsp3) is 0.538. The van der Waals surface area contributed by atoms with Crippen LogP contribution in [0.5, 0.6) is 5.75 Å². The fourth-order valence-corrected chi connectivity index (χ4v) is 6.68. The minimum absolute atomic E-state index is 0.00212. The van der Waals surface area contributed by atoms with Crippen LogP contribution in [0.3, 0.4) is 0 Å². The summed E-state index contributed by atoms with van der Waals surface area (Å²) in [6, 6.07) is 18.8. The van der Waals surface area contributed by atoms with E-state index in [9.17, 15) is 8.78 Å². The van der Waals surface area contributed by atoms with Crippen molar-refractivity contribution in [2.45, 2.75) is 103 Å². The van der Waals surface area contributed by atoms with E-state index in [0.29, 0.717) is 6.04 Å². The van der Waals surface area contributed by atoms with Gasteiger partial charge in [-0.15, -0.1) is 0 Å². The molecule has 0 saturated carbocycles. The number of ether oxygens (including phenoxy) is 1. The van der Waals surface area contributed by atoms with Gasteiger partial charge in [0.1, 0.15) is 17.4 Å². The van der Waals surface area contributed by atoms with Crippen molar-refractivity contribution in [1.82, 2.24) is 9.80 Å². The lowest BCUT2D eigenvalue weighted by atomic mass is 9.78. The molecular weight excluding hydrogens is 550 g/mol. The van der Waals surface area contributed by atoms with Crippen molar-refractivity contribution in [2.75, 3.05) is 33.8 Å². The third-order valence-corrected chi connectivity index (χ3v) is 9.28. The van der Waals surface area contributed by atoms with E-state index in [1.165, 1.54) is 53.8 Å². The molecular formula is C39H54F2N2O. The van der Waals surface area contributed by atoms with Crippen LogP contribution in [0.1, 0.15) is 107 Å². The Labute approximate surface area is 265 Å². The molecule has 1 saturated heterocycles. The van der Waals surface area contributed by atoms with Crippen molar-refractivity contribution in [2.24, 2.45) is 0 Å². The van der Waals surface area contributed by atoms with Crippen molar-refractivity contribution in [1.29, 1.82) is 0 Å². The van der Waals surface area contributed by atoms with E-state index in [0.717, 1.165) is 62.3 Å². The van der Waals surface area contributed by atoms with Gasteiger partial charge in [-0.2, -0.15) is 0 Å². The second kappa shape index (κ2) is 14.6. The maximum atomic E-state index is 13.6. The van der Waals surface area contributed by atoms with Crippen LogP contribution in [0.4, 0.5) is 8.78 Å². The van der Waals surface area contributed by atoms with Crippen LogP contribution >= 0.6 is 0 Å². The van der Waals surface area contributed by atoms with Crippen LogP contribution < -0.4 is 4.74 Å². The highest BCUT2D eigenvalue weighted by Crippen LogP contribution is 2.41. The number of methoxy groups -OCH3 is 1. The highest BCUT2D eigenvalue weighted by molar-refractivity contribution is 5.51. The van der Waals surface area contributed by atoms with Crippen molar-refractivity contribution < 1.29 is 13.5 Å². The van der Waals surface area contributed by atoms with Gasteiger partial charge in [0.05, 0.1) is 7.11 Å². The predicted molar refractivity (Wildman–Crippen MR) is 180 cm³/mol. The van der Waals surface area contributed by atoms with E-state index in [2.05, 4.69) is 70.5 Å². The van der Waals surface area contributed by atoms with Gasteiger partial charge in [0.25, 0.3) is 0 Å². The van der Waals surface area contributed by atoms with Gasteiger partial charge in [-0.05, 0) is 91.2 Å². The molecule has 3 nitrogen and oxygen atoms in total. The summed E-state index contributed by atoms with van der Waals surface area (Å²) in [5.74, 6) is 0.727. The Morgan fingerprint density at radius 2 is 1.34 bits per heavy atom. The first-order chi connectivity index (χ1) is 20.8. The molecule has 0 radical (unpaired) electrons. The quantitative estimate of drug-likeness (QED) is 0.192. The van der Waals surface area contributed by atoms with Crippen molar-refractivity contribution in [3.63, 3.8) is 0 Å². The first kappa shape index (κ1) is 34.1. The van der Waals surface area contributed by atoms with Crippen LogP contribution in [0.2, 0.25) is 0 Å². The van der Waals surface area contributed by atoms with Crippen molar-refractivity contribution >= 4 is 0 Å². The van der Waals surface area contributed by atoms with Crippen LogP contribution in [0.15, 0.2) is 60.7 Å². The number of nitrogens with zero attached hydrogens (tertiary/aromatic N) is 2. The van der Waals surface area contributed by atoms with E-state index in [-0.39, 0.29) is 28.4 Å². The van der Waals surface area contributed by atoms with Gasteiger partial charge in [0.15, 0.2) is 0 Å². The summed E-state index contributed by atoms with van der Waals surface area (Å²) in [5.41, 5.74) is 6.10. The fourth-order valence-electron chi connectivity index (χ4n) is 6.68. The zero-order valence-electron chi connectivity index (χ0n) is 28.4. The maximum absolute atomic E-state index is 13.6. The van der Waals surface area contributed by atoms with E-state index in [1.807, 2.05) is 24.3 Å². The SMILES string of the molecule is COc1c(C(C)(C)C)cc(CN(C)[C@H]2CCN(CCCCCC(c3ccc(F)cc3)c3ccc(F)cc3)C2)cc1C(C)(C)C. The molecule has 1 atom stereocenters. The molecule has 3 aromatic rings. The van der Waals surface area contributed by atoms with E-state index >= 15 is 0 Å². The molecule has 0 spiro atoms. The van der Waals surface area contributed by atoms with E-state index < -0.39 is 0 Å². The van der Waals surface area contributed by atoms with Crippen LogP contribution in [0, 0.1) is 11.6 Å². The highest BCUT2D eigenvalue weighted by Gasteiger charge is 2.29. The molecule has 0 aromatic heterocycles. The Balaban J connectivity index is 1.30. The molecule has 1 fully saturated rings. The largest absolute Gasteiger partial charge is 0.496 e. The average Bonchev–Trinajstić information content (AvgIpc) is 3.44. The predicted octanol–water partition coefficient (Wildman–Crippen LogP) is 9.47. The van der Waals surface area contributed by atoms with E-state index in [1.54, 1.807) is 7.11 Å². The summed E-state index contributed by atoms with van der Waals surface area (Å²) in [6.07, 6.45) is 5.56. The third kappa shape index (κ3) is 8.91. The van der Waals surface area contributed by atoms with Gasteiger partial charge < -0.3 is 9.64 Å². The number of halogens is 2. The monoisotopic (exact) mass is 604 g/mol. The number of likely N-dealkylation sites (N-methyl/N-ethyl adjacent to an activating group) is 1. The Morgan fingerprint density at radius 1 is 0.818 bits per heavy atom. The van der Waals surface area contributed by atoms with Gasteiger partial charge in [0.2, 0.25) is 0 Å². The average molecular weight is 605 g/mol. The molecule has 4 rings (SSSR count). The molecule has 240 valence electrons. The highest BCUT2D eigenvalue weighted by atomic mass is 19.1. The van der Waals surface area contributed by atoms with Crippen molar-refractivity contribution in [3.8, 4) is 5.75 Å². The maximum Gasteiger partial charge on any atom is 0.126 e. The molecule has 44 heavy (non-hydrogen) atoms. The van der Waals surface area contributed by atoms with Crippen LogP contribution in [-0.4, -0.2) is 49.6 Å². The molecule has 0 aliphatic carbocycles. The number of unbranched alkanes of at least 4 members (excludes halogenated alkanes) is 2. The Bertz CT molecular complexity index is 1260. The van der Waals surface area contributed by atoms with Gasteiger partial charge >= 0.3 is 0 Å². The zero-order valence-corrected chi connectivity index (χ0v) is 28.4. The molecule has 0 unspecified atom stereocenters. The summed E-state index contributed by atoms with van der Waals surface area (Å²) >= 11 is 0. The molecule has 1 heterocycles. The van der Waals surface area contributed by atoms with Crippen LogP contribution in [0.25, 0.3) is 0 Å². The first-order valence-electron chi connectivity index (χ1n) is 16.4. The van der Waals surface area contributed by atoms with Gasteiger partial charge in [-0.3, -0.25) is 4.90 Å². The second-order valence-electron chi connectivity index (χ2n) is 14.9. The topological polar surface area (TPSA) is 15.7 Å². The first-order valence-corrected chi connectivity index (χ1v) is 16.4. The van der Waals surface area contributed by atoms with Gasteiger partial charge in [-0.25, -0.2) is 8.78 Å². The Kier molecular flexibility index (Phi) is 11.3. The summed E-state index contributed by atoms with van der Waals surface area (Å²) in [7, 11) is 4.07. The molecule has 0 amide bonds. The van der Waals surface area contributed by atoms with E-state index in [4.69, 9.17) is 4.74 Å². The summed E-state index contributed by atoms with van der Waals surface area (Å²) < 4.78 is 33.1. The number of rotatable bonds is 12. The van der Waals surface area contributed by atoms with Gasteiger partial charge in [-0.1, -0.05) is 90.8 Å². The number of likely N-dealkylation sites (tertiary alicyclic amines) is 1. The second-order valence-corrected chi connectivity index (χ2v) is 14.9. The lowest BCUT2D eigenvalue weighted by Crippen LogP contribution is -2.34. The molecule has 5 heteroatoms. The molecule has 1 aliphatic rings. The standard InChI is InChI=1S/C39H54F2N2O/c1-38(2,3)35-24-28(25-36(37(35)44-8)39(4,5)6)26-42(7)33-21-23-43(27-33)22-11-9-10-12-34(29-13-17-31(40)18-14-29)30-15-19-32(41)20-16-30/h13-20,24-25,33-34H,9-12,21-23,26-27H2,1-8H3/t33-/m0/s1.